The number of pyridine rings is 1. The number of thioether (sulfide) groups is 1. The predicted molar refractivity (Wildman–Crippen MR) is 197 cm³/mol. The number of benzene rings is 2. The summed E-state index contributed by atoms with van der Waals surface area (Å²) in [6, 6.07) is 16.4. The molecule has 3 aliphatic heterocycles. The maximum atomic E-state index is 13.2. The summed E-state index contributed by atoms with van der Waals surface area (Å²) in [6.45, 7) is 3.22. The molecule has 3 N–H and O–H groups in total. The second-order valence-corrected chi connectivity index (χ2v) is 14.3. The predicted octanol–water partition coefficient (Wildman–Crippen LogP) is 4.90. The van der Waals surface area contributed by atoms with Crippen molar-refractivity contribution >= 4 is 53.1 Å². The van der Waals surface area contributed by atoms with Gasteiger partial charge in [-0.05, 0) is 91.3 Å². The Morgan fingerprint density at radius 3 is 2.55 bits per heavy atom. The highest BCUT2D eigenvalue weighted by molar-refractivity contribution is 7.99. The molecule has 0 saturated carbocycles. The quantitative estimate of drug-likeness (QED) is 0.0931. The number of nitrogens with zero attached hydrogens (tertiary/aromatic N) is 3. The zero-order valence-electron chi connectivity index (χ0n) is 28.6. The summed E-state index contributed by atoms with van der Waals surface area (Å²) in [4.78, 5) is 70.9. The Hall–Kier alpha value is -4.97. The number of imide groups is 1. The largest absolute Gasteiger partial charge is 0.384 e. The van der Waals surface area contributed by atoms with Crippen molar-refractivity contribution in [1.82, 2.24) is 25.4 Å². The Labute approximate surface area is 302 Å². The Kier molecular flexibility index (Phi) is 12.2. The van der Waals surface area contributed by atoms with E-state index in [1.165, 1.54) is 0 Å². The maximum Gasteiger partial charge on any atom is 0.255 e. The van der Waals surface area contributed by atoms with Gasteiger partial charge in [0.2, 0.25) is 17.7 Å². The first kappa shape index (κ1) is 35.8. The molecular formula is C39H44N6O5S. The first-order valence-corrected chi connectivity index (χ1v) is 18.7. The third kappa shape index (κ3) is 9.43. The van der Waals surface area contributed by atoms with Gasteiger partial charge < -0.3 is 20.4 Å². The number of likely N-dealkylation sites (tertiary alicyclic amines) is 1. The molecule has 5 amide bonds. The fourth-order valence-corrected chi connectivity index (χ4v) is 7.81. The first-order valence-electron chi connectivity index (χ1n) is 17.7. The van der Waals surface area contributed by atoms with E-state index in [9.17, 15) is 24.0 Å². The highest BCUT2D eigenvalue weighted by Gasteiger charge is 2.39. The molecule has 3 aliphatic rings. The molecule has 51 heavy (non-hydrogen) atoms. The van der Waals surface area contributed by atoms with E-state index in [2.05, 4.69) is 20.9 Å². The molecule has 0 bridgehead atoms. The summed E-state index contributed by atoms with van der Waals surface area (Å²) in [6.07, 6.45) is 12.4. The van der Waals surface area contributed by atoms with Crippen molar-refractivity contribution in [3.8, 4) is 0 Å². The lowest BCUT2D eigenvalue weighted by Gasteiger charge is -2.32. The van der Waals surface area contributed by atoms with Crippen LogP contribution in [0.15, 0.2) is 78.0 Å². The van der Waals surface area contributed by atoms with Crippen molar-refractivity contribution in [2.75, 3.05) is 37.2 Å². The zero-order valence-corrected chi connectivity index (χ0v) is 29.5. The van der Waals surface area contributed by atoms with Gasteiger partial charge >= 0.3 is 0 Å². The Morgan fingerprint density at radius 1 is 0.961 bits per heavy atom. The van der Waals surface area contributed by atoms with Crippen LogP contribution in [0.3, 0.4) is 0 Å². The molecule has 0 aliphatic carbocycles. The number of aromatic nitrogens is 1. The Balaban J connectivity index is 0.868. The van der Waals surface area contributed by atoms with E-state index in [0.717, 1.165) is 72.7 Å². The summed E-state index contributed by atoms with van der Waals surface area (Å²) < 4.78 is 0. The molecule has 0 spiro atoms. The molecule has 2 aromatic carbocycles. The van der Waals surface area contributed by atoms with Crippen LogP contribution < -0.4 is 16.0 Å². The number of nitrogens with one attached hydrogen (secondary N) is 3. The van der Waals surface area contributed by atoms with Gasteiger partial charge in [0.05, 0.1) is 0 Å². The number of carbonyl (C=O) groups excluding carboxylic acids is 5. The average molecular weight is 709 g/mol. The highest BCUT2D eigenvalue weighted by Crippen LogP contribution is 2.34. The number of anilines is 1. The number of amides is 5. The second-order valence-electron chi connectivity index (χ2n) is 13.2. The molecular weight excluding hydrogens is 665 g/mol. The molecule has 12 heteroatoms. The van der Waals surface area contributed by atoms with Gasteiger partial charge in [-0.25, -0.2) is 0 Å². The molecule has 1 atom stereocenters. The average Bonchev–Trinajstić information content (AvgIpc) is 3.49. The van der Waals surface area contributed by atoms with Gasteiger partial charge in [0.15, 0.2) is 0 Å². The molecule has 266 valence electrons. The van der Waals surface area contributed by atoms with Crippen LogP contribution in [0.25, 0.3) is 6.08 Å². The van der Waals surface area contributed by atoms with Crippen molar-refractivity contribution in [2.24, 2.45) is 5.92 Å². The molecule has 2 saturated heterocycles. The lowest BCUT2D eigenvalue weighted by atomic mass is 9.91. The van der Waals surface area contributed by atoms with Crippen molar-refractivity contribution in [2.45, 2.75) is 62.4 Å². The Bertz CT molecular complexity index is 1760. The number of unbranched alkanes of at least 4 members (excludes halogenated alkanes) is 1. The topological polar surface area (TPSA) is 141 Å². The van der Waals surface area contributed by atoms with Crippen LogP contribution in [0, 0.1) is 5.92 Å². The highest BCUT2D eigenvalue weighted by atomic mass is 32.2. The number of hydrogen-bond acceptors (Lipinski definition) is 8. The summed E-state index contributed by atoms with van der Waals surface area (Å²) in [5.41, 5.74) is 4.06. The van der Waals surface area contributed by atoms with Gasteiger partial charge in [-0.1, -0.05) is 25.0 Å². The second kappa shape index (κ2) is 17.3. The van der Waals surface area contributed by atoms with E-state index in [1.54, 1.807) is 47.3 Å². The summed E-state index contributed by atoms with van der Waals surface area (Å²) in [5, 5.41) is 8.72. The van der Waals surface area contributed by atoms with Gasteiger partial charge in [-0.2, -0.15) is 0 Å². The van der Waals surface area contributed by atoms with Crippen LogP contribution in [0.1, 0.15) is 76.8 Å². The normalized spacial score (nSPS) is 17.8. The maximum absolute atomic E-state index is 13.2. The van der Waals surface area contributed by atoms with Crippen LogP contribution in [0.4, 0.5) is 5.69 Å². The SMILES string of the molecule is O=C(/C=C/c1cccnc1)NCCCCC1CCN(C(=O)c2ccc(NCCSc3cccc4c3CN(C3CCC(=O)NC3=O)C4=O)cc2)CC1. The first-order chi connectivity index (χ1) is 24.9. The van der Waals surface area contributed by atoms with E-state index < -0.39 is 11.9 Å². The number of fused-ring (bicyclic) bond motifs is 1. The number of carbonyl (C=O) groups is 5. The van der Waals surface area contributed by atoms with Crippen LogP contribution >= 0.6 is 11.8 Å². The van der Waals surface area contributed by atoms with E-state index in [0.29, 0.717) is 43.1 Å². The fraction of sp³-hybridized carbons (Fsp3) is 0.385. The molecule has 2 fully saturated rings. The summed E-state index contributed by atoms with van der Waals surface area (Å²) in [7, 11) is 0. The number of rotatable bonds is 14. The minimum atomic E-state index is -0.625. The van der Waals surface area contributed by atoms with Crippen molar-refractivity contribution < 1.29 is 24.0 Å². The van der Waals surface area contributed by atoms with Crippen LogP contribution in [-0.4, -0.2) is 82.3 Å². The van der Waals surface area contributed by atoms with Gasteiger partial charge in [-0.15, -0.1) is 11.8 Å². The third-order valence-corrected chi connectivity index (χ3v) is 10.8. The lowest BCUT2D eigenvalue weighted by Crippen LogP contribution is -2.52. The molecule has 1 unspecified atom stereocenters. The van der Waals surface area contributed by atoms with Crippen molar-refractivity contribution in [3.05, 3.63) is 95.3 Å². The van der Waals surface area contributed by atoms with Gasteiger partial charge in [0.25, 0.3) is 11.8 Å². The lowest BCUT2D eigenvalue weighted by molar-refractivity contribution is -0.137. The van der Waals surface area contributed by atoms with E-state index in [1.807, 2.05) is 53.4 Å². The standard InChI is InChI=1S/C39H44N6O5S/c46-35(15-9-28-6-4-19-40-25-28)42-20-2-1-5-27-17-22-44(23-18-27)38(49)29-10-12-30(13-11-29)41-21-24-51-34-8-3-7-31-32(34)26-45(39(31)50)33-14-16-36(47)43-37(33)48/h3-4,6-13,15,19,25,27,33,41H,1-2,5,14,16-18,20-24,26H2,(H,42,46)(H,43,47,48)/b15-9+. The zero-order chi connectivity index (χ0) is 35.6. The van der Waals surface area contributed by atoms with Gasteiger partial charge in [0, 0.05) is 85.1 Å². The number of hydrogen-bond donors (Lipinski definition) is 3. The third-order valence-electron chi connectivity index (χ3n) is 9.71. The van der Waals surface area contributed by atoms with E-state index >= 15 is 0 Å². The van der Waals surface area contributed by atoms with Crippen molar-refractivity contribution in [3.63, 3.8) is 0 Å². The van der Waals surface area contributed by atoms with E-state index in [4.69, 9.17) is 0 Å². The number of piperidine rings is 2. The van der Waals surface area contributed by atoms with Crippen LogP contribution in [0.5, 0.6) is 0 Å². The van der Waals surface area contributed by atoms with Crippen molar-refractivity contribution in [1.29, 1.82) is 0 Å². The molecule has 4 heterocycles. The monoisotopic (exact) mass is 708 g/mol. The van der Waals surface area contributed by atoms with Crippen LogP contribution in [-0.2, 0) is 20.9 Å². The van der Waals surface area contributed by atoms with Crippen LogP contribution in [0.2, 0.25) is 0 Å². The molecule has 6 rings (SSSR count). The minimum absolute atomic E-state index is 0.0661. The van der Waals surface area contributed by atoms with E-state index in [-0.39, 0.29) is 30.0 Å². The van der Waals surface area contributed by atoms with Gasteiger partial charge in [0.1, 0.15) is 6.04 Å². The molecule has 1 aromatic heterocycles. The van der Waals surface area contributed by atoms with Gasteiger partial charge in [-0.3, -0.25) is 34.3 Å². The smallest absolute Gasteiger partial charge is 0.255 e. The summed E-state index contributed by atoms with van der Waals surface area (Å²) >= 11 is 1.66. The minimum Gasteiger partial charge on any atom is -0.384 e. The summed E-state index contributed by atoms with van der Waals surface area (Å²) in [5.74, 6) is 0.464. The Morgan fingerprint density at radius 2 is 1.78 bits per heavy atom. The fourth-order valence-electron chi connectivity index (χ4n) is 6.86. The molecule has 3 aromatic rings. The molecule has 0 radical (unpaired) electrons. The molecule has 11 nitrogen and oxygen atoms in total.